The zero-order valence-corrected chi connectivity index (χ0v) is 18.6. The molecule has 0 saturated heterocycles. The molecule has 9 heteroatoms. The quantitative estimate of drug-likeness (QED) is 0.292. The molecule has 0 amide bonds. The van der Waals surface area contributed by atoms with Gasteiger partial charge in [0, 0.05) is 18.7 Å². The summed E-state index contributed by atoms with van der Waals surface area (Å²) in [5, 5.41) is 6.23. The number of hydrogen-bond acceptors (Lipinski definition) is 3. The number of aliphatic imine (C=N–C) groups is 1. The van der Waals surface area contributed by atoms with E-state index in [1.165, 1.54) is 19.2 Å². The Morgan fingerprint density at radius 2 is 1.86 bits per heavy atom. The van der Waals surface area contributed by atoms with Crippen molar-refractivity contribution < 1.29 is 22.6 Å². The molecule has 0 fully saturated rings. The van der Waals surface area contributed by atoms with Crippen LogP contribution in [0.3, 0.4) is 0 Å². The van der Waals surface area contributed by atoms with Gasteiger partial charge in [-0.2, -0.15) is 8.78 Å². The van der Waals surface area contributed by atoms with E-state index < -0.39 is 6.61 Å². The summed E-state index contributed by atoms with van der Waals surface area (Å²) in [5.41, 5.74) is 1.30. The van der Waals surface area contributed by atoms with Crippen molar-refractivity contribution in [2.45, 2.75) is 26.5 Å². The van der Waals surface area contributed by atoms with E-state index in [0.717, 1.165) is 5.56 Å². The first-order valence-corrected chi connectivity index (χ1v) is 8.90. The van der Waals surface area contributed by atoms with Crippen molar-refractivity contribution in [3.63, 3.8) is 0 Å². The fourth-order valence-electron chi connectivity index (χ4n) is 2.52. The number of benzene rings is 2. The highest BCUT2D eigenvalue weighted by Crippen LogP contribution is 2.29. The molecule has 0 spiro atoms. The highest BCUT2D eigenvalue weighted by molar-refractivity contribution is 14.0. The van der Waals surface area contributed by atoms with Gasteiger partial charge in [0.05, 0.1) is 13.7 Å². The van der Waals surface area contributed by atoms with Crippen LogP contribution in [0.5, 0.6) is 11.5 Å². The molecule has 0 aliphatic heterocycles. The molecule has 0 unspecified atom stereocenters. The van der Waals surface area contributed by atoms with E-state index in [0.29, 0.717) is 31.0 Å². The zero-order valence-electron chi connectivity index (χ0n) is 16.3. The van der Waals surface area contributed by atoms with Gasteiger partial charge in [0.15, 0.2) is 17.5 Å². The van der Waals surface area contributed by atoms with E-state index in [1.807, 2.05) is 6.92 Å². The van der Waals surface area contributed by atoms with E-state index in [2.05, 4.69) is 20.4 Å². The highest BCUT2D eigenvalue weighted by atomic mass is 127. The topological polar surface area (TPSA) is 54.9 Å². The minimum absolute atomic E-state index is 0. The van der Waals surface area contributed by atoms with Crippen molar-refractivity contribution in [1.82, 2.24) is 10.6 Å². The fraction of sp³-hybridized carbons (Fsp3) is 0.350. The largest absolute Gasteiger partial charge is 0.493 e. The first-order chi connectivity index (χ1) is 13.5. The zero-order chi connectivity index (χ0) is 20.4. The Morgan fingerprint density at radius 1 is 1.10 bits per heavy atom. The standard InChI is InChI=1S/C20H24F3N3O2.HI/c1-3-24-20(26-13-15-6-4-5-7-16(15)21)25-11-10-14-8-9-17(27-2)18(12-14)28-19(22)23;/h4-9,12,19H,3,10-11,13H2,1-2H3,(H2,24,25,26);1H. The van der Waals surface area contributed by atoms with Crippen LogP contribution in [0.2, 0.25) is 0 Å². The molecule has 0 aromatic heterocycles. The lowest BCUT2D eigenvalue weighted by Gasteiger charge is -2.13. The number of ether oxygens (including phenoxy) is 2. The van der Waals surface area contributed by atoms with Crippen molar-refractivity contribution in [2.24, 2.45) is 4.99 Å². The Labute approximate surface area is 185 Å². The molecule has 2 aromatic carbocycles. The van der Waals surface area contributed by atoms with Gasteiger partial charge in [0.1, 0.15) is 5.82 Å². The van der Waals surface area contributed by atoms with Gasteiger partial charge in [-0.25, -0.2) is 9.38 Å². The maximum Gasteiger partial charge on any atom is 0.387 e. The summed E-state index contributed by atoms with van der Waals surface area (Å²) in [5.74, 6) is 0.488. The molecular formula is C20H25F3IN3O2. The number of methoxy groups -OCH3 is 1. The summed E-state index contributed by atoms with van der Waals surface area (Å²) in [4.78, 5) is 4.37. The van der Waals surface area contributed by atoms with E-state index in [9.17, 15) is 13.2 Å². The normalized spacial score (nSPS) is 11.0. The van der Waals surface area contributed by atoms with Gasteiger partial charge in [0.25, 0.3) is 0 Å². The Kier molecular flexibility index (Phi) is 11.3. The Bertz CT molecular complexity index is 791. The summed E-state index contributed by atoms with van der Waals surface area (Å²) in [6.07, 6.45) is 0.549. The summed E-state index contributed by atoms with van der Waals surface area (Å²) in [7, 11) is 1.39. The molecule has 5 nitrogen and oxygen atoms in total. The van der Waals surface area contributed by atoms with Crippen LogP contribution >= 0.6 is 24.0 Å². The molecule has 160 valence electrons. The Hall–Kier alpha value is -2.17. The molecule has 2 N–H and O–H groups in total. The van der Waals surface area contributed by atoms with Crippen molar-refractivity contribution >= 4 is 29.9 Å². The number of guanidine groups is 1. The number of nitrogens with zero attached hydrogens (tertiary/aromatic N) is 1. The van der Waals surface area contributed by atoms with Crippen molar-refractivity contribution in [1.29, 1.82) is 0 Å². The lowest BCUT2D eigenvalue weighted by Crippen LogP contribution is -2.38. The Balaban J connectivity index is 0.00000420. The van der Waals surface area contributed by atoms with Gasteiger partial charge in [-0.15, -0.1) is 24.0 Å². The average Bonchev–Trinajstić information content (AvgIpc) is 2.67. The van der Waals surface area contributed by atoms with Crippen LogP contribution in [0.4, 0.5) is 13.2 Å². The monoisotopic (exact) mass is 523 g/mol. The lowest BCUT2D eigenvalue weighted by atomic mass is 10.1. The van der Waals surface area contributed by atoms with Crippen LogP contribution in [0, 0.1) is 5.82 Å². The van der Waals surface area contributed by atoms with E-state index in [1.54, 1.807) is 30.3 Å². The number of rotatable bonds is 9. The number of hydrogen-bond donors (Lipinski definition) is 2. The maximum atomic E-state index is 13.7. The molecule has 0 aliphatic carbocycles. The summed E-state index contributed by atoms with van der Waals surface area (Å²) in [6, 6.07) is 11.4. The van der Waals surface area contributed by atoms with Crippen LogP contribution in [0.25, 0.3) is 0 Å². The van der Waals surface area contributed by atoms with Gasteiger partial charge in [-0.05, 0) is 37.1 Å². The van der Waals surface area contributed by atoms with E-state index in [4.69, 9.17) is 4.74 Å². The molecule has 0 atom stereocenters. The van der Waals surface area contributed by atoms with Gasteiger partial charge in [-0.3, -0.25) is 0 Å². The highest BCUT2D eigenvalue weighted by Gasteiger charge is 2.11. The van der Waals surface area contributed by atoms with Crippen LogP contribution < -0.4 is 20.1 Å². The molecule has 29 heavy (non-hydrogen) atoms. The first kappa shape index (κ1) is 24.9. The molecule has 0 bridgehead atoms. The molecule has 0 radical (unpaired) electrons. The lowest BCUT2D eigenvalue weighted by molar-refractivity contribution is -0.0512. The summed E-state index contributed by atoms with van der Waals surface area (Å²) >= 11 is 0. The SMILES string of the molecule is CCNC(=NCc1ccccc1F)NCCc1ccc(OC)c(OC(F)F)c1.I. The molecule has 0 aliphatic rings. The Morgan fingerprint density at radius 3 is 2.52 bits per heavy atom. The van der Waals surface area contributed by atoms with Gasteiger partial charge in [-0.1, -0.05) is 24.3 Å². The maximum absolute atomic E-state index is 13.7. The molecular weight excluding hydrogens is 498 g/mol. The second-order valence-electron chi connectivity index (χ2n) is 5.83. The number of halogens is 4. The summed E-state index contributed by atoms with van der Waals surface area (Å²) in [6.45, 7) is 0.365. The second kappa shape index (κ2) is 13.1. The third-order valence-corrected chi connectivity index (χ3v) is 3.86. The predicted octanol–water partition coefficient (Wildman–Crippen LogP) is 4.35. The number of alkyl halides is 2. The van der Waals surface area contributed by atoms with Gasteiger partial charge < -0.3 is 20.1 Å². The van der Waals surface area contributed by atoms with E-state index >= 15 is 0 Å². The third kappa shape index (κ3) is 8.38. The van der Waals surface area contributed by atoms with Crippen LogP contribution in [0.15, 0.2) is 47.5 Å². The summed E-state index contributed by atoms with van der Waals surface area (Å²) < 4.78 is 48.3. The minimum Gasteiger partial charge on any atom is -0.493 e. The van der Waals surface area contributed by atoms with Crippen LogP contribution in [-0.2, 0) is 13.0 Å². The second-order valence-corrected chi connectivity index (χ2v) is 5.83. The predicted molar refractivity (Wildman–Crippen MR) is 118 cm³/mol. The van der Waals surface area contributed by atoms with Crippen LogP contribution in [-0.4, -0.2) is 32.8 Å². The van der Waals surface area contributed by atoms with E-state index in [-0.39, 0.29) is 47.8 Å². The van der Waals surface area contributed by atoms with Gasteiger partial charge in [0.2, 0.25) is 0 Å². The third-order valence-electron chi connectivity index (χ3n) is 3.86. The molecule has 0 saturated carbocycles. The van der Waals surface area contributed by atoms with Gasteiger partial charge >= 0.3 is 6.61 Å². The molecule has 2 rings (SSSR count). The minimum atomic E-state index is -2.92. The average molecular weight is 523 g/mol. The molecule has 2 aromatic rings. The van der Waals surface area contributed by atoms with Crippen LogP contribution in [0.1, 0.15) is 18.1 Å². The fourth-order valence-corrected chi connectivity index (χ4v) is 2.52. The van der Waals surface area contributed by atoms with Crippen molar-refractivity contribution in [2.75, 3.05) is 20.2 Å². The smallest absolute Gasteiger partial charge is 0.387 e. The molecule has 0 heterocycles. The number of nitrogens with one attached hydrogen (secondary N) is 2. The van der Waals surface area contributed by atoms with Crippen molar-refractivity contribution in [3.05, 3.63) is 59.4 Å². The first-order valence-electron chi connectivity index (χ1n) is 8.90. The van der Waals surface area contributed by atoms with Crippen molar-refractivity contribution in [3.8, 4) is 11.5 Å².